The van der Waals surface area contributed by atoms with Gasteiger partial charge >= 0.3 is 18.0 Å². The average Bonchev–Trinajstić information content (AvgIpc) is 2.79. The van der Waals surface area contributed by atoms with Crippen LogP contribution in [-0.4, -0.2) is 46.1 Å². The molecule has 3 rings (SSSR count). The third kappa shape index (κ3) is 5.92. The highest BCUT2D eigenvalue weighted by Gasteiger charge is 2.37. The van der Waals surface area contributed by atoms with Gasteiger partial charge in [0.15, 0.2) is 5.78 Å². The number of benzene rings is 2. The SMILES string of the molecule is O=C(O)CC[C@@H](NC(=O)OCc1ccccc1)C(=O)C1NC(C(=O)O)Cc2ccccc21. The van der Waals surface area contributed by atoms with E-state index in [1.807, 2.05) is 6.07 Å². The number of carboxylic acid groups (broad SMARTS) is 2. The van der Waals surface area contributed by atoms with Gasteiger partial charge in [-0.2, -0.15) is 0 Å². The lowest BCUT2D eigenvalue weighted by Gasteiger charge is -2.32. The van der Waals surface area contributed by atoms with Crippen LogP contribution in [0.3, 0.4) is 0 Å². The van der Waals surface area contributed by atoms with Crippen molar-refractivity contribution in [3.05, 3.63) is 71.3 Å². The number of amides is 1. The molecule has 1 aliphatic rings. The quantitative estimate of drug-likeness (QED) is 0.464. The molecule has 0 spiro atoms. The first kappa shape index (κ1) is 23.0. The van der Waals surface area contributed by atoms with Gasteiger partial charge in [0.2, 0.25) is 0 Å². The number of Topliss-reactive ketones (excluding diaryl/α,β-unsaturated/α-hetero) is 1. The van der Waals surface area contributed by atoms with Gasteiger partial charge in [-0.15, -0.1) is 0 Å². The molecule has 9 heteroatoms. The Morgan fingerprint density at radius 3 is 2.41 bits per heavy atom. The van der Waals surface area contributed by atoms with E-state index in [1.54, 1.807) is 48.5 Å². The van der Waals surface area contributed by atoms with Crippen molar-refractivity contribution in [2.45, 2.75) is 44.0 Å². The molecule has 0 radical (unpaired) electrons. The summed E-state index contributed by atoms with van der Waals surface area (Å²) in [5, 5.41) is 23.8. The fourth-order valence-electron chi connectivity index (χ4n) is 3.63. The maximum Gasteiger partial charge on any atom is 0.408 e. The molecule has 0 bridgehead atoms. The van der Waals surface area contributed by atoms with E-state index < -0.39 is 41.9 Å². The fraction of sp³-hybridized carbons (Fsp3) is 0.304. The maximum absolute atomic E-state index is 13.3. The van der Waals surface area contributed by atoms with Crippen LogP contribution in [0.2, 0.25) is 0 Å². The summed E-state index contributed by atoms with van der Waals surface area (Å²) in [5.74, 6) is -2.75. The third-order valence-corrected chi connectivity index (χ3v) is 5.24. The molecule has 1 heterocycles. The highest BCUT2D eigenvalue weighted by atomic mass is 16.5. The lowest BCUT2D eigenvalue weighted by molar-refractivity contribution is -0.140. The number of ketones is 1. The normalized spacial score (nSPS) is 18.1. The van der Waals surface area contributed by atoms with E-state index >= 15 is 0 Å². The van der Waals surface area contributed by atoms with E-state index in [1.165, 1.54) is 0 Å². The van der Waals surface area contributed by atoms with Crippen molar-refractivity contribution in [1.82, 2.24) is 10.6 Å². The summed E-state index contributed by atoms with van der Waals surface area (Å²) >= 11 is 0. The number of alkyl carbamates (subject to hydrolysis) is 1. The van der Waals surface area contributed by atoms with Gasteiger partial charge in [-0.1, -0.05) is 54.6 Å². The van der Waals surface area contributed by atoms with Gasteiger partial charge in [-0.3, -0.25) is 19.7 Å². The highest BCUT2D eigenvalue weighted by Crippen LogP contribution is 2.27. The van der Waals surface area contributed by atoms with Crippen molar-refractivity contribution >= 4 is 23.8 Å². The molecular weight excluding hydrogens is 416 g/mol. The minimum atomic E-state index is -1.17. The molecule has 0 aliphatic carbocycles. The molecule has 4 N–H and O–H groups in total. The number of aliphatic carboxylic acids is 2. The molecular formula is C23H24N2O7. The zero-order chi connectivity index (χ0) is 23.1. The van der Waals surface area contributed by atoms with Crippen LogP contribution in [0.5, 0.6) is 0 Å². The van der Waals surface area contributed by atoms with Gasteiger partial charge < -0.3 is 20.3 Å². The number of ether oxygens (including phenoxy) is 1. The van der Waals surface area contributed by atoms with Crippen LogP contribution in [0, 0.1) is 0 Å². The standard InChI is InChI=1S/C23H24N2O7/c26-19(27)11-10-17(25-23(31)32-13-14-6-2-1-3-7-14)21(28)20-16-9-5-4-8-15(16)12-18(24-20)22(29)30/h1-9,17-18,20,24H,10-13H2,(H,25,31)(H,26,27)(H,29,30)/t17-,18?,20?/m1/s1. The van der Waals surface area contributed by atoms with Crippen molar-refractivity contribution in [3.63, 3.8) is 0 Å². The predicted octanol–water partition coefficient (Wildman–Crippen LogP) is 2.06. The predicted molar refractivity (Wildman–Crippen MR) is 113 cm³/mol. The van der Waals surface area contributed by atoms with Crippen LogP contribution in [0.4, 0.5) is 4.79 Å². The second-order valence-electron chi connectivity index (χ2n) is 7.49. The number of nitrogens with one attached hydrogen (secondary N) is 2. The summed E-state index contributed by atoms with van der Waals surface area (Å²) in [7, 11) is 0. The van der Waals surface area contributed by atoms with Crippen LogP contribution in [0.15, 0.2) is 54.6 Å². The monoisotopic (exact) mass is 440 g/mol. The summed E-state index contributed by atoms with van der Waals surface area (Å²) < 4.78 is 5.17. The Labute approximate surface area is 184 Å². The molecule has 168 valence electrons. The molecule has 3 atom stereocenters. The first-order chi connectivity index (χ1) is 15.3. The Morgan fingerprint density at radius 1 is 1.03 bits per heavy atom. The van der Waals surface area contributed by atoms with E-state index in [-0.39, 0.29) is 25.9 Å². The number of rotatable bonds is 9. The van der Waals surface area contributed by atoms with E-state index in [0.717, 1.165) is 5.56 Å². The van der Waals surface area contributed by atoms with E-state index in [2.05, 4.69) is 10.6 Å². The van der Waals surface area contributed by atoms with Crippen LogP contribution in [0.25, 0.3) is 0 Å². The zero-order valence-corrected chi connectivity index (χ0v) is 17.2. The van der Waals surface area contributed by atoms with Crippen molar-refractivity contribution in [2.75, 3.05) is 0 Å². The Hall–Kier alpha value is -3.72. The van der Waals surface area contributed by atoms with Crippen molar-refractivity contribution in [2.24, 2.45) is 0 Å². The first-order valence-electron chi connectivity index (χ1n) is 10.1. The number of carboxylic acids is 2. The average molecular weight is 440 g/mol. The van der Waals surface area contributed by atoms with E-state index in [9.17, 15) is 24.3 Å². The van der Waals surface area contributed by atoms with E-state index in [0.29, 0.717) is 11.1 Å². The second kappa shape index (κ2) is 10.5. The lowest BCUT2D eigenvalue weighted by atomic mass is 9.85. The van der Waals surface area contributed by atoms with Crippen LogP contribution in [-0.2, 0) is 32.1 Å². The maximum atomic E-state index is 13.3. The van der Waals surface area contributed by atoms with Gasteiger partial charge in [-0.25, -0.2) is 4.79 Å². The Balaban J connectivity index is 1.76. The van der Waals surface area contributed by atoms with Gasteiger partial charge in [0.25, 0.3) is 0 Å². The van der Waals surface area contributed by atoms with Gasteiger partial charge in [0.1, 0.15) is 12.6 Å². The van der Waals surface area contributed by atoms with E-state index in [4.69, 9.17) is 9.84 Å². The van der Waals surface area contributed by atoms with Crippen LogP contribution < -0.4 is 10.6 Å². The topological polar surface area (TPSA) is 142 Å². The van der Waals surface area contributed by atoms with Crippen molar-refractivity contribution in [3.8, 4) is 0 Å². The number of fused-ring (bicyclic) bond motifs is 1. The largest absolute Gasteiger partial charge is 0.481 e. The Morgan fingerprint density at radius 2 is 1.72 bits per heavy atom. The number of carbonyl (C=O) groups excluding carboxylic acids is 2. The van der Waals surface area contributed by atoms with Gasteiger partial charge in [0, 0.05) is 6.42 Å². The minimum absolute atomic E-state index is 0.0158. The molecule has 1 aliphatic heterocycles. The molecule has 9 nitrogen and oxygen atoms in total. The summed E-state index contributed by atoms with van der Waals surface area (Å²) in [4.78, 5) is 48.3. The van der Waals surface area contributed by atoms with Gasteiger partial charge in [-0.05, 0) is 29.5 Å². The van der Waals surface area contributed by atoms with Crippen molar-refractivity contribution in [1.29, 1.82) is 0 Å². The van der Waals surface area contributed by atoms with Crippen molar-refractivity contribution < 1.29 is 34.1 Å². The summed E-state index contributed by atoms with van der Waals surface area (Å²) in [6, 6.07) is 12.7. The number of hydrogen-bond donors (Lipinski definition) is 4. The van der Waals surface area contributed by atoms with Crippen LogP contribution >= 0.6 is 0 Å². The summed E-state index contributed by atoms with van der Waals surface area (Å²) in [6.07, 6.45) is -1.17. The van der Waals surface area contributed by atoms with Crippen LogP contribution in [0.1, 0.15) is 35.6 Å². The molecule has 1 amide bonds. The van der Waals surface area contributed by atoms with Gasteiger partial charge in [0.05, 0.1) is 12.1 Å². The second-order valence-corrected chi connectivity index (χ2v) is 7.49. The summed E-state index contributed by atoms with van der Waals surface area (Å²) in [5.41, 5.74) is 2.07. The Bertz CT molecular complexity index is 993. The third-order valence-electron chi connectivity index (χ3n) is 5.24. The minimum Gasteiger partial charge on any atom is -0.481 e. The zero-order valence-electron chi connectivity index (χ0n) is 17.2. The highest BCUT2D eigenvalue weighted by molar-refractivity contribution is 5.94. The molecule has 2 unspecified atom stereocenters. The molecule has 32 heavy (non-hydrogen) atoms. The smallest absolute Gasteiger partial charge is 0.408 e. The number of hydrogen-bond acceptors (Lipinski definition) is 6. The molecule has 0 saturated carbocycles. The molecule has 2 aromatic rings. The Kier molecular flexibility index (Phi) is 7.56. The molecule has 2 aromatic carbocycles. The molecule has 0 fully saturated rings. The molecule has 0 aromatic heterocycles. The molecule has 0 saturated heterocycles. The first-order valence-corrected chi connectivity index (χ1v) is 10.1. The fourth-order valence-corrected chi connectivity index (χ4v) is 3.63. The summed E-state index contributed by atoms with van der Waals surface area (Å²) in [6.45, 7) is -0.0158. The number of carbonyl (C=O) groups is 4. The lowest BCUT2D eigenvalue weighted by Crippen LogP contribution is -2.52.